The van der Waals surface area contributed by atoms with Crippen LogP contribution in [0.4, 0.5) is 10.5 Å². The zero-order chi connectivity index (χ0) is 21.4. The van der Waals surface area contributed by atoms with E-state index in [1.807, 2.05) is 12.1 Å². The van der Waals surface area contributed by atoms with Crippen LogP contribution in [0.2, 0.25) is 0 Å². The van der Waals surface area contributed by atoms with Crippen LogP contribution in [0, 0.1) is 11.3 Å². The molecule has 0 radical (unpaired) electrons. The fraction of sp³-hybridized carbons (Fsp3) is 0.261. The predicted molar refractivity (Wildman–Crippen MR) is 112 cm³/mol. The molecule has 6 nitrogen and oxygen atoms in total. The molecule has 0 spiro atoms. The quantitative estimate of drug-likeness (QED) is 0.722. The third-order valence-corrected chi connectivity index (χ3v) is 3.87. The fourth-order valence-corrected chi connectivity index (χ4v) is 2.58. The van der Waals surface area contributed by atoms with E-state index in [0.29, 0.717) is 29.9 Å². The number of carbonyl (C=O) groups is 2. The Kier molecular flexibility index (Phi) is 7.15. The molecular weight excluding hydrogens is 366 g/mol. The maximum absolute atomic E-state index is 12.9. The highest BCUT2D eigenvalue weighted by atomic mass is 16.6. The van der Waals surface area contributed by atoms with E-state index in [9.17, 15) is 9.59 Å². The monoisotopic (exact) mass is 391 g/mol. The van der Waals surface area contributed by atoms with Crippen LogP contribution in [0.15, 0.2) is 61.2 Å². The first-order valence-electron chi connectivity index (χ1n) is 9.21. The third-order valence-electron chi connectivity index (χ3n) is 3.87. The Labute approximate surface area is 171 Å². The van der Waals surface area contributed by atoms with Gasteiger partial charge in [-0.3, -0.25) is 10.1 Å². The van der Waals surface area contributed by atoms with E-state index >= 15 is 0 Å². The Bertz CT molecular complexity index is 904. The molecule has 0 atom stereocenters. The van der Waals surface area contributed by atoms with E-state index in [0.717, 1.165) is 5.56 Å². The van der Waals surface area contributed by atoms with Crippen molar-refractivity contribution in [2.75, 3.05) is 11.9 Å². The van der Waals surface area contributed by atoms with E-state index in [-0.39, 0.29) is 5.91 Å². The lowest BCUT2D eigenvalue weighted by Gasteiger charge is -2.22. The van der Waals surface area contributed by atoms with E-state index in [2.05, 4.69) is 18.0 Å². The average Bonchev–Trinajstić information content (AvgIpc) is 2.67. The van der Waals surface area contributed by atoms with Gasteiger partial charge in [0.25, 0.3) is 5.91 Å². The van der Waals surface area contributed by atoms with Crippen molar-refractivity contribution in [2.24, 2.45) is 0 Å². The van der Waals surface area contributed by atoms with Gasteiger partial charge in [-0.1, -0.05) is 18.2 Å². The molecule has 150 valence electrons. The molecule has 1 N–H and O–H groups in total. The molecule has 0 saturated carbocycles. The smallest absolute Gasteiger partial charge is 0.412 e. The first-order chi connectivity index (χ1) is 13.7. The van der Waals surface area contributed by atoms with Gasteiger partial charge in [-0.15, -0.1) is 6.58 Å². The van der Waals surface area contributed by atoms with Gasteiger partial charge in [0.1, 0.15) is 5.60 Å². The highest BCUT2D eigenvalue weighted by molar-refractivity contribution is 5.95. The van der Waals surface area contributed by atoms with Crippen LogP contribution in [0.1, 0.15) is 42.3 Å². The van der Waals surface area contributed by atoms with Gasteiger partial charge >= 0.3 is 6.09 Å². The van der Waals surface area contributed by atoms with Gasteiger partial charge in [-0.25, -0.2) is 4.79 Å². The van der Waals surface area contributed by atoms with E-state index in [4.69, 9.17) is 10.00 Å². The van der Waals surface area contributed by atoms with E-state index < -0.39 is 11.7 Å². The van der Waals surface area contributed by atoms with Crippen molar-refractivity contribution < 1.29 is 14.3 Å². The van der Waals surface area contributed by atoms with Gasteiger partial charge in [-0.2, -0.15) is 5.26 Å². The second-order valence-corrected chi connectivity index (χ2v) is 7.49. The zero-order valence-electron chi connectivity index (χ0n) is 16.9. The van der Waals surface area contributed by atoms with Crippen molar-refractivity contribution >= 4 is 17.7 Å². The topological polar surface area (TPSA) is 82.4 Å². The summed E-state index contributed by atoms with van der Waals surface area (Å²) in [6, 6.07) is 15.8. The summed E-state index contributed by atoms with van der Waals surface area (Å²) in [5.41, 5.74) is 1.94. The van der Waals surface area contributed by atoms with E-state index in [1.165, 1.54) is 0 Å². The standard InChI is InChI=1S/C23H25N3O3/c1-5-14-26(16-18-8-6-17(15-24)7-9-18)21(27)19-10-12-20(13-11-19)25-22(28)29-23(2,3)4/h5-13H,1,14,16H2,2-4H3,(H,25,28). The lowest BCUT2D eigenvalue weighted by Crippen LogP contribution is -2.30. The van der Waals surface area contributed by atoms with E-state index in [1.54, 1.807) is 68.1 Å². The minimum absolute atomic E-state index is 0.155. The number of ether oxygens (including phenoxy) is 1. The molecule has 0 saturated heterocycles. The van der Waals surface area contributed by atoms with Crippen molar-refractivity contribution in [3.05, 3.63) is 77.9 Å². The molecular formula is C23H25N3O3. The largest absolute Gasteiger partial charge is 0.444 e. The number of carbonyl (C=O) groups excluding carboxylic acids is 2. The highest BCUT2D eigenvalue weighted by Crippen LogP contribution is 2.16. The fourth-order valence-electron chi connectivity index (χ4n) is 2.58. The molecule has 0 aliphatic rings. The first-order valence-corrected chi connectivity index (χ1v) is 9.21. The van der Waals surface area contributed by atoms with Gasteiger partial charge in [0.05, 0.1) is 11.6 Å². The first kappa shape index (κ1) is 21.7. The molecule has 2 rings (SSSR count). The van der Waals surface area contributed by atoms with Gasteiger partial charge in [0.15, 0.2) is 0 Å². The Morgan fingerprint density at radius 1 is 1.14 bits per heavy atom. The molecule has 6 heteroatoms. The second kappa shape index (κ2) is 9.56. The summed E-state index contributed by atoms with van der Waals surface area (Å²) < 4.78 is 5.22. The molecule has 0 fully saturated rings. The number of benzene rings is 2. The van der Waals surface area contributed by atoms with Gasteiger partial charge < -0.3 is 9.64 Å². The Hall–Kier alpha value is -3.59. The maximum Gasteiger partial charge on any atom is 0.412 e. The summed E-state index contributed by atoms with van der Waals surface area (Å²) in [5, 5.41) is 11.5. The molecule has 0 aliphatic carbocycles. The van der Waals surface area contributed by atoms with Crippen LogP contribution in [-0.2, 0) is 11.3 Å². The molecule has 2 amide bonds. The van der Waals surface area contributed by atoms with Crippen LogP contribution in [0.25, 0.3) is 0 Å². The van der Waals surface area contributed by atoms with Crippen LogP contribution in [-0.4, -0.2) is 29.0 Å². The molecule has 0 aliphatic heterocycles. The molecule has 0 aromatic heterocycles. The number of nitriles is 1. The minimum atomic E-state index is -0.587. The minimum Gasteiger partial charge on any atom is -0.444 e. The predicted octanol–water partition coefficient (Wildman–Crippen LogP) is 4.73. The Morgan fingerprint density at radius 3 is 2.28 bits per heavy atom. The van der Waals surface area contributed by atoms with Crippen LogP contribution in [0.3, 0.4) is 0 Å². The lowest BCUT2D eigenvalue weighted by molar-refractivity contribution is 0.0635. The van der Waals surface area contributed by atoms with Gasteiger partial charge in [0.2, 0.25) is 0 Å². The lowest BCUT2D eigenvalue weighted by atomic mass is 10.1. The Morgan fingerprint density at radius 2 is 1.76 bits per heavy atom. The number of nitrogens with zero attached hydrogens (tertiary/aromatic N) is 2. The normalized spacial score (nSPS) is 10.6. The van der Waals surface area contributed by atoms with Gasteiger partial charge in [-0.05, 0) is 62.7 Å². The van der Waals surface area contributed by atoms with Crippen molar-refractivity contribution in [1.82, 2.24) is 4.90 Å². The number of hydrogen-bond acceptors (Lipinski definition) is 4. The molecule has 0 heterocycles. The highest BCUT2D eigenvalue weighted by Gasteiger charge is 2.17. The molecule has 0 bridgehead atoms. The number of hydrogen-bond donors (Lipinski definition) is 1. The van der Waals surface area contributed by atoms with Crippen molar-refractivity contribution in [2.45, 2.75) is 32.9 Å². The molecule has 0 unspecified atom stereocenters. The van der Waals surface area contributed by atoms with Crippen LogP contribution in [0.5, 0.6) is 0 Å². The summed E-state index contributed by atoms with van der Waals surface area (Å²) in [6.07, 6.45) is 1.12. The van der Waals surface area contributed by atoms with Crippen molar-refractivity contribution in [1.29, 1.82) is 5.26 Å². The summed E-state index contributed by atoms with van der Waals surface area (Å²) in [4.78, 5) is 26.4. The summed E-state index contributed by atoms with van der Waals surface area (Å²) in [7, 11) is 0. The van der Waals surface area contributed by atoms with Crippen molar-refractivity contribution in [3.63, 3.8) is 0 Å². The maximum atomic E-state index is 12.9. The summed E-state index contributed by atoms with van der Waals surface area (Å²) in [5.74, 6) is -0.155. The number of amides is 2. The molecule has 2 aromatic rings. The van der Waals surface area contributed by atoms with Crippen molar-refractivity contribution in [3.8, 4) is 6.07 Å². The van der Waals surface area contributed by atoms with Crippen LogP contribution < -0.4 is 5.32 Å². The zero-order valence-corrected chi connectivity index (χ0v) is 16.9. The molecule has 29 heavy (non-hydrogen) atoms. The summed E-state index contributed by atoms with van der Waals surface area (Å²) in [6.45, 7) is 9.87. The van der Waals surface area contributed by atoms with Gasteiger partial charge in [0, 0.05) is 24.3 Å². The number of anilines is 1. The number of rotatable bonds is 6. The average molecular weight is 391 g/mol. The van der Waals surface area contributed by atoms with Crippen LogP contribution >= 0.6 is 0 Å². The third kappa shape index (κ3) is 6.82. The number of nitrogens with one attached hydrogen (secondary N) is 1. The summed E-state index contributed by atoms with van der Waals surface area (Å²) >= 11 is 0. The Balaban J connectivity index is 2.08. The SMILES string of the molecule is C=CCN(Cc1ccc(C#N)cc1)C(=O)c1ccc(NC(=O)OC(C)(C)C)cc1. The molecule has 2 aromatic carbocycles. The second-order valence-electron chi connectivity index (χ2n) is 7.49.